The summed E-state index contributed by atoms with van der Waals surface area (Å²) in [5.41, 5.74) is 0. The predicted octanol–water partition coefficient (Wildman–Crippen LogP) is -0.577. The normalized spacial score (nSPS) is 15.7. The van der Waals surface area contributed by atoms with Crippen molar-refractivity contribution in [3.63, 3.8) is 0 Å². The van der Waals surface area contributed by atoms with Crippen molar-refractivity contribution in [2.45, 2.75) is 12.8 Å². The van der Waals surface area contributed by atoms with Crippen LogP contribution in [0.1, 0.15) is 12.8 Å². The van der Waals surface area contributed by atoms with Gasteiger partial charge in [0.15, 0.2) is 0 Å². The summed E-state index contributed by atoms with van der Waals surface area (Å²) in [6, 6.07) is 0. The molecule has 0 radical (unpaired) electrons. The average molecular weight is 216 g/mol. The number of ether oxygens (including phenoxy) is 1. The van der Waals surface area contributed by atoms with Crippen LogP contribution in [0.2, 0.25) is 0 Å². The number of amides is 3. The van der Waals surface area contributed by atoms with E-state index in [1.807, 2.05) is 0 Å². The van der Waals surface area contributed by atoms with Gasteiger partial charge in [-0.05, 0) is 0 Å². The van der Waals surface area contributed by atoms with Crippen LogP contribution in [0, 0.1) is 0 Å². The first-order valence-corrected chi connectivity index (χ1v) is 4.45. The number of carbonyl (C=O) groups excluding carboxylic acids is 3. The Hall–Kier alpha value is -1.63. The van der Waals surface area contributed by atoms with Crippen LogP contribution in [0.25, 0.3) is 0 Å². The maximum absolute atomic E-state index is 11.0. The fourth-order valence-electron chi connectivity index (χ4n) is 1.03. The number of nitrogens with one attached hydrogen (secondary N) is 1. The molecule has 0 bridgehead atoms. The number of carbonyl (C=O) groups is 3. The minimum absolute atomic E-state index is 0.0875. The van der Waals surface area contributed by atoms with E-state index >= 15 is 0 Å². The minimum atomic E-state index is -0.837. The number of rotatable bonds is 4. The molecule has 1 fully saturated rings. The van der Waals surface area contributed by atoms with Gasteiger partial charge in [0.05, 0.1) is 6.61 Å². The molecule has 1 aliphatic rings. The molecule has 0 unspecified atom stereocenters. The number of methoxy groups -OCH3 is 1. The van der Waals surface area contributed by atoms with Gasteiger partial charge in [-0.15, -0.1) is 5.06 Å². The van der Waals surface area contributed by atoms with Gasteiger partial charge >= 0.3 is 6.09 Å². The predicted molar refractivity (Wildman–Crippen MR) is 47.4 cm³/mol. The van der Waals surface area contributed by atoms with Crippen LogP contribution in [-0.4, -0.2) is 43.2 Å². The van der Waals surface area contributed by atoms with Crippen molar-refractivity contribution in [2.75, 3.05) is 20.3 Å². The Bertz CT molecular complexity index is 262. The van der Waals surface area contributed by atoms with E-state index in [4.69, 9.17) is 0 Å². The molecule has 15 heavy (non-hydrogen) atoms. The highest BCUT2D eigenvalue weighted by Gasteiger charge is 2.32. The molecular formula is C8H12N2O5. The molecule has 0 aromatic heterocycles. The van der Waals surface area contributed by atoms with E-state index in [9.17, 15) is 14.4 Å². The van der Waals surface area contributed by atoms with Crippen LogP contribution in [0.3, 0.4) is 0 Å². The number of hydroxylamine groups is 2. The molecule has 1 rings (SSSR count). The summed E-state index contributed by atoms with van der Waals surface area (Å²) < 4.78 is 4.69. The van der Waals surface area contributed by atoms with Crippen molar-refractivity contribution >= 4 is 17.9 Å². The molecule has 1 heterocycles. The lowest BCUT2D eigenvalue weighted by atomic mass is 10.4. The standard InChI is InChI=1S/C8H12N2O5/c1-14-5-4-9-8(13)15-10-6(11)2-3-7(10)12/h2-5H2,1H3,(H,9,13). The van der Waals surface area contributed by atoms with Crippen molar-refractivity contribution in [1.29, 1.82) is 0 Å². The molecule has 0 aliphatic carbocycles. The molecular weight excluding hydrogens is 204 g/mol. The third-order valence-electron chi connectivity index (χ3n) is 1.76. The van der Waals surface area contributed by atoms with Crippen LogP contribution >= 0.6 is 0 Å². The number of hydrogen-bond donors (Lipinski definition) is 1. The van der Waals surface area contributed by atoms with Gasteiger partial charge in [-0.2, -0.15) is 0 Å². The molecule has 1 aliphatic heterocycles. The Balaban J connectivity index is 2.31. The molecule has 1 saturated heterocycles. The van der Waals surface area contributed by atoms with Crippen molar-refractivity contribution in [2.24, 2.45) is 0 Å². The fraction of sp³-hybridized carbons (Fsp3) is 0.625. The monoisotopic (exact) mass is 216 g/mol. The van der Waals surface area contributed by atoms with E-state index < -0.39 is 17.9 Å². The number of imide groups is 1. The molecule has 0 saturated carbocycles. The Morgan fingerprint density at radius 1 is 1.40 bits per heavy atom. The summed E-state index contributed by atoms with van der Waals surface area (Å²) in [4.78, 5) is 37.6. The van der Waals surface area contributed by atoms with Gasteiger partial charge in [0.2, 0.25) is 0 Å². The summed E-state index contributed by atoms with van der Waals surface area (Å²) in [6.45, 7) is 0.586. The van der Waals surface area contributed by atoms with Crippen LogP contribution in [-0.2, 0) is 19.2 Å². The first kappa shape index (κ1) is 11.4. The fourth-order valence-corrected chi connectivity index (χ4v) is 1.03. The van der Waals surface area contributed by atoms with Crippen LogP contribution in [0.5, 0.6) is 0 Å². The minimum Gasteiger partial charge on any atom is -0.383 e. The second-order valence-electron chi connectivity index (χ2n) is 2.88. The van der Waals surface area contributed by atoms with Gasteiger partial charge in [-0.3, -0.25) is 9.59 Å². The zero-order valence-electron chi connectivity index (χ0n) is 8.32. The summed E-state index contributed by atoms with van der Waals surface area (Å²) in [5.74, 6) is -0.996. The molecule has 0 spiro atoms. The average Bonchev–Trinajstić information content (AvgIpc) is 2.50. The van der Waals surface area contributed by atoms with Gasteiger partial charge in [-0.25, -0.2) is 4.79 Å². The maximum atomic E-state index is 11.0. The SMILES string of the molecule is COCCNC(=O)ON1C(=O)CCC1=O. The lowest BCUT2D eigenvalue weighted by Crippen LogP contribution is -2.37. The Morgan fingerprint density at radius 3 is 2.53 bits per heavy atom. The van der Waals surface area contributed by atoms with Gasteiger partial charge < -0.3 is 14.9 Å². The molecule has 7 nitrogen and oxygen atoms in total. The molecule has 1 N–H and O–H groups in total. The molecule has 3 amide bonds. The summed E-state index contributed by atoms with van der Waals surface area (Å²) in [7, 11) is 1.49. The zero-order valence-corrected chi connectivity index (χ0v) is 8.32. The van der Waals surface area contributed by atoms with Gasteiger partial charge in [0.1, 0.15) is 0 Å². The number of nitrogens with zero attached hydrogens (tertiary/aromatic N) is 1. The molecule has 0 aromatic rings. The third-order valence-corrected chi connectivity index (χ3v) is 1.76. The van der Waals surface area contributed by atoms with Crippen molar-refractivity contribution in [3.05, 3.63) is 0 Å². The topological polar surface area (TPSA) is 84.9 Å². The molecule has 84 valence electrons. The first-order valence-electron chi connectivity index (χ1n) is 4.45. The highest BCUT2D eigenvalue weighted by Crippen LogP contribution is 2.11. The van der Waals surface area contributed by atoms with Crippen molar-refractivity contribution in [3.8, 4) is 0 Å². The third kappa shape index (κ3) is 3.21. The Morgan fingerprint density at radius 2 is 2.00 bits per heavy atom. The van der Waals surface area contributed by atoms with Crippen molar-refractivity contribution in [1.82, 2.24) is 10.4 Å². The lowest BCUT2D eigenvalue weighted by molar-refractivity contribution is -0.171. The summed E-state index contributed by atoms with van der Waals surface area (Å²) in [5, 5.41) is 2.81. The largest absolute Gasteiger partial charge is 0.432 e. The second-order valence-corrected chi connectivity index (χ2v) is 2.88. The van der Waals surface area contributed by atoms with E-state index in [0.29, 0.717) is 11.7 Å². The molecule has 7 heteroatoms. The number of hydrogen-bond acceptors (Lipinski definition) is 5. The highest BCUT2D eigenvalue weighted by molar-refractivity contribution is 6.01. The van der Waals surface area contributed by atoms with E-state index in [1.54, 1.807) is 0 Å². The molecule has 0 atom stereocenters. The smallest absolute Gasteiger partial charge is 0.383 e. The van der Waals surface area contributed by atoms with Gasteiger partial charge in [0.25, 0.3) is 11.8 Å². The van der Waals surface area contributed by atoms with Crippen LogP contribution in [0.4, 0.5) is 4.79 Å². The highest BCUT2D eigenvalue weighted by atomic mass is 16.7. The van der Waals surface area contributed by atoms with Crippen LogP contribution < -0.4 is 5.32 Å². The Kier molecular flexibility index (Phi) is 4.04. The van der Waals surface area contributed by atoms with E-state index in [0.717, 1.165) is 0 Å². The molecule has 0 aromatic carbocycles. The summed E-state index contributed by atoms with van der Waals surface area (Å²) in [6.07, 6.45) is -0.662. The first-order chi connectivity index (χ1) is 7.15. The quantitative estimate of drug-likeness (QED) is 0.502. The maximum Gasteiger partial charge on any atom is 0.432 e. The lowest BCUT2D eigenvalue weighted by Gasteiger charge is -2.12. The van der Waals surface area contributed by atoms with Crippen molar-refractivity contribution < 1.29 is 24.0 Å². The van der Waals surface area contributed by atoms with Gasteiger partial charge in [-0.1, -0.05) is 0 Å². The van der Waals surface area contributed by atoms with E-state index in [2.05, 4.69) is 14.9 Å². The van der Waals surface area contributed by atoms with E-state index in [-0.39, 0.29) is 19.4 Å². The second kappa shape index (κ2) is 5.30. The van der Waals surface area contributed by atoms with E-state index in [1.165, 1.54) is 7.11 Å². The Labute approximate surface area is 86.3 Å². The summed E-state index contributed by atoms with van der Waals surface area (Å²) >= 11 is 0. The van der Waals surface area contributed by atoms with Gasteiger partial charge in [0, 0.05) is 26.5 Å². The zero-order chi connectivity index (χ0) is 11.3. The van der Waals surface area contributed by atoms with Crippen LogP contribution in [0.15, 0.2) is 0 Å².